The molecule has 0 amide bonds. The molecule has 0 aromatic heterocycles. The van der Waals surface area contributed by atoms with E-state index in [0.717, 1.165) is 24.6 Å². The zero-order valence-corrected chi connectivity index (χ0v) is 13.5. The van der Waals surface area contributed by atoms with E-state index >= 15 is 0 Å². The first kappa shape index (κ1) is 15.1. The fourth-order valence-electron chi connectivity index (χ4n) is 3.74. The van der Waals surface area contributed by atoms with Crippen molar-refractivity contribution in [1.82, 2.24) is 0 Å². The van der Waals surface area contributed by atoms with E-state index in [4.69, 9.17) is 22.1 Å². The number of anilines is 1. The van der Waals surface area contributed by atoms with Crippen LogP contribution in [0, 0.1) is 0 Å². The van der Waals surface area contributed by atoms with Crippen molar-refractivity contribution in [3.8, 4) is 0 Å². The van der Waals surface area contributed by atoms with Crippen molar-refractivity contribution in [2.45, 2.75) is 57.2 Å². The maximum atomic E-state index is 6.45. The molecular weight excluding hydrogens is 284 g/mol. The van der Waals surface area contributed by atoms with Crippen LogP contribution in [-0.2, 0) is 11.2 Å². The lowest BCUT2D eigenvalue weighted by Gasteiger charge is -2.45. The first-order valence-electron chi connectivity index (χ1n) is 8.08. The number of hydrogen-bond acceptors (Lipinski definition) is 3. The topological polar surface area (TPSA) is 38.5 Å². The number of fused-ring (bicyclic) bond motifs is 1. The van der Waals surface area contributed by atoms with Gasteiger partial charge in [-0.15, -0.1) is 0 Å². The Hall–Kier alpha value is -0.770. The van der Waals surface area contributed by atoms with Gasteiger partial charge in [0.05, 0.1) is 18.8 Å². The molecule has 1 aromatic carbocycles. The summed E-state index contributed by atoms with van der Waals surface area (Å²) >= 11 is 6.45. The van der Waals surface area contributed by atoms with E-state index in [-0.39, 0.29) is 6.04 Å². The number of halogens is 1. The van der Waals surface area contributed by atoms with E-state index in [9.17, 15) is 0 Å². The summed E-state index contributed by atoms with van der Waals surface area (Å²) in [6.07, 6.45) is 6.19. The fourth-order valence-corrected chi connectivity index (χ4v) is 3.98. The second-order valence-electron chi connectivity index (χ2n) is 6.37. The van der Waals surface area contributed by atoms with E-state index < -0.39 is 0 Å². The second-order valence-corrected chi connectivity index (χ2v) is 6.78. The third kappa shape index (κ3) is 3.20. The van der Waals surface area contributed by atoms with Gasteiger partial charge >= 0.3 is 0 Å². The number of morpholine rings is 1. The van der Waals surface area contributed by atoms with Crippen LogP contribution < -0.4 is 10.6 Å². The molecule has 21 heavy (non-hydrogen) atoms. The Kier molecular flexibility index (Phi) is 4.72. The van der Waals surface area contributed by atoms with E-state index in [1.165, 1.54) is 36.9 Å². The number of benzene rings is 1. The average Bonchev–Trinajstić information content (AvgIpc) is 2.48. The lowest BCUT2D eigenvalue weighted by molar-refractivity contribution is -0.00873. The molecule has 3 nitrogen and oxygen atoms in total. The summed E-state index contributed by atoms with van der Waals surface area (Å²) in [4.78, 5) is 2.52. The minimum Gasteiger partial charge on any atom is -0.374 e. The Morgan fingerprint density at radius 3 is 3.00 bits per heavy atom. The van der Waals surface area contributed by atoms with Crippen LogP contribution in [0.1, 0.15) is 38.2 Å². The van der Waals surface area contributed by atoms with Crippen LogP contribution in [0.2, 0.25) is 5.02 Å². The summed E-state index contributed by atoms with van der Waals surface area (Å²) < 4.78 is 5.99. The van der Waals surface area contributed by atoms with Gasteiger partial charge in [0.15, 0.2) is 0 Å². The van der Waals surface area contributed by atoms with Gasteiger partial charge in [0.2, 0.25) is 0 Å². The number of nitrogens with zero attached hydrogens (tertiary/aromatic N) is 1. The van der Waals surface area contributed by atoms with E-state index in [2.05, 4.69) is 17.0 Å². The smallest absolute Gasteiger partial charge is 0.0779 e. The van der Waals surface area contributed by atoms with Crippen molar-refractivity contribution in [2.24, 2.45) is 5.73 Å². The van der Waals surface area contributed by atoms with Gasteiger partial charge in [0, 0.05) is 23.3 Å². The normalized spacial score (nSPS) is 27.3. The predicted molar refractivity (Wildman–Crippen MR) is 88.1 cm³/mol. The summed E-state index contributed by atoms with van der Waals surface area (Å²) in [5.41, 5.74) is 8.48. The predicted octanol–water partition coefficient (Wildman–Crippen LogP) is 3.38. The Balaban J connectivity index is 1.93. The van der Waals surface area contributed by atoms with Crippen molar-refractivity contribution in [1.29, 1.82) is 0 Å². The number of hydrogen-bond donors (Lipinski definition) is 1. The van der Waals surface area contributed by atoms with Gasteiger partial charge < -0.3 is 15.4 Å². The summed E-state index contributed by atoms with van der Waals surface area (Å²) in [7, 11) is 0. The van der Waals surface area contributed by atoms with E-state index in [1.807, 2.05) is 13.0 Å². The second kappa shape index (κ2) is 6.55. The summed E-state index contributed by atoms with van der Waals surface area (Å²) in [6.45, 7) is 3.80. The van der Waals surface area contributed by atoms with Gasteiger partial charge in [-0.25, -0.2) is 0 Å². The molecule has 1 aliphatic heterocycles. The molecular formula is C17H25ClN2O. The molecule has 0 radical (unpaired) electrons. The monoisotopic (exact) mass is 308 g/mol. The van der Waals surface area contributed by atoms with Gasteiger partial charge in [-0.1, -0.05) is 30.5 Å². The Morgan fingerprint density at radius 1 is 1.38 bits per heavy atom. The van der Waals surface area contributed by atoms with E-state index in [1.54, 1.807) is 0 Å². The molecule has 2 N–H and O–H groups in total. The fraction of sp³-hybridized carbons (Fsp3) is 0.647. The van der Waals surface area contributed by atoms with Crippen LogP contribution in [0.4, 0.5) is 5.69 Å². The highest BCUT2D eigenvalue weighted by molar-refractivity contribution is 6.31. The third-order valence-electron chi connectivity index (χ3n) is 4.66. The maximum Gasteiger partial charge on any atom is 0.0779 e. The van der Waals surface area contributed by atoms with Crippen LogP contribution >= 0.6 is 11.6 Å². The van der Waals surface area contributed by atoms with Crippen molar-refractivity contribution < 1.29 is 4.74 Å². The van der Waals surface area contributed by atoms with Gasteiger partial charge in [-0.2, -0.15) is 0 Å². The SMILES string of the molecule is CC(N)Cc1c(Cl)cccc1N1CCOC2CCCCC21. The molecule has 0 spiro atoms. The standard InChI is InChI=1S/C17H25ClN2O/c1-12(19)11-13-14(18)5-4-7-15(13)20-9-10-21-17-8-3-2-6-16(17)20/h4-5,7,12,16-17H,2-3,6,8-11,19H2,1H3. The molecule has 0 bridgehead atoms. The first-order valence-corrected chi connectivity index (χ1v) is 8.46. The Morgan fingerprint density at radius 2 is 2.19 bits per heavy atom. The molecule has 1 saturated carbocycles. The molecule has 1 saturated heterocycles. The number of rotatable bonds is 3. The zero-order valence-electron chi connectivity index (χ0n) is 12.7. The molecule has 3 rings (SSSR count). The molecule has 2 fully saturated rings. The molecule has 116 valence electrons. The molecule has 1 aliphatic carbocycles. The third-order valence-corrected chi connectivity index (χ3v) is 5.02. The molecule has 2 aliphatic rings. The summed E-state index contributed by atoms with van der Waals surface area (Å²) in [5.74, 6) is 0. The molecule has 1 aromatic rings. The highest BCUT2D eigenvalue weighted by Gasteiger charge is 2.35. The average molecular weight is 309 g/mol. The highest BCUT2D eigenvalue weighted by atomic mass is 35.5. The molecule has 4 heteroatoms. The minimum atomic E-state index is 0.117. The van der Waals surface area contributed by atoms with Crippen LogP contribution in [0.3, 0.4) is 0 Å². The highest BCUT2D eigenvalue weighted by Crippen LogP contribution is 2.36. The lowest BCUT2D eigenvalue weighted by Crippen LogP contribution is -2.53. The van der Waals surface area contributed by atoms with Gasteiger partial charge in [0.1, 0.15) is 0 Å². The van der Waals surface area contributed by atoms with Crippen LogP contribution in [0.25, 0.3) is 0 Å². The molecule has 1 heterocycles. The number of ether oxygens (including phenoxy) is 1. The quantitative estimate of drug-likeness (QED) is 0.930. The van der Waals surface area contributed by atoms with Crippen LogP contribution in [0.5, 0.6) is 0 Å². The van der Waals surface area contributed by atoms with Crippen LogP contribution in [-0.4, -0.2) is 31.3 Å². The van der Waals surface area contributed by atoms with Crippen LogP contribution in [0.15, 0.2) is 18.2 Å². The van der Waals surface area contributed by atoms with Crippen molar-refractivity contribution >= 4 is 17.3 Å². The first-order chi connectivity index (χ1) is 10.2. The van der Waals surface area contributed by atoms with Crippen molar-refractivity contribution in [3.63, 3.8) is 0 Å². The van der Waals surface area contributed by atoms with Gasteiger partial charge in [0.25, 0.3) is 0 Å². The summed E-state index contributed by atoms with van der Waals surface area (Å²) in [5, 5.41) is 0.837. The largest absolute Gasteiger partial charge is 0.374 e. The van der Waals surface area contributed by atoms with E-state index in [0.29, 0.717) is 12.1 Å². The maximum absolute atomic E-state index is 6.45. The lowest BCUT2D eigenvalue weighted by atomic mass is 9.89. The minimum absolute atomic E-state index is 0.117. The Bertz CT molecular complexity index is 490. The summed E-state index contributed by atoms with van der Waals surface area (Å²) in [6, 6.07) is 6.84. The van der Waals surface area contributed by atoms with Crippen molar-refractivity contribution in [2.75, 3.05) is 18.1 Å². The number of nitrogens with two attached hydrogens (primary N) is 1. The zero-order chi connectivity index (χ0) is 14.8. The Labute approximate surface area is 132 Å². The molecule has 3 atom stereocenters. The van der Waals surface area contributed by atoms with Gasteiger partial charge in [-0.05, 0) is 43.9 Å². The van der Waals surface area contributed by atoms with Gasteiger partial charge in [-0.3, -0.25) is 0 Å². The molecule has 3 unspecified atom stereocenters. The van der Waals surface area contributed by atoms with Crippen molar-refractivity contribution in [3.05, 3.63) is 28.8 Å².